The number of nitrogens with zero attached hydrogens (tertiary/aromatic N) is 1. The van der Waals surface area contributed by atoms with Crippen molar-refractivity contribution in [3.8, 4) is 0 Å². The second-order valence-corrected chi connectivity index (χ2v) is 8.32. The number of hydrazine groups is 1. The number of carbonyl (C=O) groups excluding carboxylic acids is 1. The second kappa shape index (κ2) is 7.40. The van der Waals surface area contributed by atoms with Gasteiger partial charge in [0.25, 0.3) is 0 Å². The quantitative estimate of drug-likeness (QED) is 0.643. The lowest BCUT2D eigenvalue weighted by Crippen LogP contribution is -2.58. The number of amides is 1. The Morgan fingerprint density at radius 2 is 1.76 bits per heavy atom. The summed E-state index contributed by atoms with van der Waals surface area (Å²) in [4.78, 5) is 15.2. The Bertz CT molecular complexity index is 894. The molecule has 0 saturated carbocycles. The highest BCUT2D eigenvalue weighted by molar-refractivity contribution is 6.06. The molecule has 0 aromatic heterocycles. The minimum atomic E-state index is -0.520. The first-order valence-electron chi connectivity index (χ1n) is 10.3. The summed E-state index contributed by atoms with van der Waals surface area (Å²) in [6.07, 6.45) is 1.56. The predicted molar refractivity (Wildman–Crippen MR) is 111 cm³/mol. The summed E-state index contributed by atoms with van der Waals surface area (Å²) in [5, 5.41) is 6.59. The first-order valence-corrected chi connectivity index (χ1v) is 10.3. The molecular formula is C22H26FN5O. The van der Waals surface area contributed by atoms with Crippen LogP contribution in [0, 0.1) is 11.7 Å². The maximum atomic E-state index is 13.3. The third-order valence-electron chi connectivity index (χ3n) is 6.51. The molecule has 2 fully saturated rings. The van der Waals surface area contributed by atoms with Crippen molar-refractivity contribution in [2.75, 3.05) is 36.8 Å². The van der Waals surface area contributed by atoms with Gasteiger partial charge in [-0.3, -0.25) is 10.2 Å². The molecule has 0 bridgehead atoms. The molecule has 1 amide bonds. The van der Waals surface area contributed by atoms with Crippen LogP contribution in [-0.2, 0) is 4.79 Å². The van der Waals surface area contributed by atoms with Crippen molar-refractivity contribution in [2.24, 2.45) is 5.92 Å². The number of benzene rings is 2. The monoisotopic (exact) mass is 395 g/mol. The van der Waals surface area contributed by atoms with Crippen LogP contribution in [0.3, 0.4) is 0 Å². The van der Waals surface area contributed by atoms with E-state index < -0.39 is 5.54 Å². The number of fused-ring (bicyclic) bond motifs is 1. The normalized spacial score (nSPS) is 26.0. The second-order valence-electron chi connectivity index (χ2n) is 8.32. The minimum Gasteiger partial charge on any atom is -0.369 e. The Morgan fingerprint density at radius 1 is 1.03 bits per heavy atom. The van der Waals surface area contributed by atoms with Crippen LogP contribution >= 0.6 is 0 Å². The van der Waals surface area contributed by atoms with Crippen molar-refractivity contribution in [2.45, 2.75) is 24.4 Å². The van der Waals surface area contributed by atoms with Gasteiger partial charge in [0.15, 0.2) is 0 Å². The van der Waals surface area contributed by atoms with Gasteiger partial charge in [-0.05, 0) is 42.7 Å². The lowest BCUT2D eigenvalue weighted by Gasteiger charge is -2.45. The number of halogens is 1. The Hall–Kier alpha value is -2.48. The van der Waals surface area contributed by atoms with Crippen molar-refractivity contribution in [3.63, 3.8) is 0 Å². The van der Waals surface area contributed by atoms with Crippen molar-refractivity contribution < 1.29 is 9.18 Å². The van der Waals surface area contributed by atoms with Crippen LogP contribution in [0.1, 0.15) is 24.4 Å². The van der Waals surface area contributed by atoms with Gasteiger partial charge in [-0.25, -0.2) is 9.82 Å². The minimum absolute atomic E-state index is 0.0734. The van der Waals surface area contributed by atoms with Crippen LogP contribution in [0.15, 0.2) is 48.5 Å². The largest absolute Gasteiger partial charge is 0.369 e. The van der Waals surface area contributed by atoms with Crippen molar-refractivity contribution >= 4 is 17.3 Å². The fourth-order valence-corrected chi connectivity index (χ4v) is 4.79. The molecule has 2 saturated heterocycles. The Labute approximate surface area is 169 Å². The van der Waals surface area contributed by atoms with Crippen molar-refractivity contribution in [1.82, 2.24) is 15.8 Å². The van der Waals surface area contributed by atoms with E-state index in [2.05, 4.69) is 26.4 Å². The van der Waals surface area contributed by atoms with Gasteiger partial charge in [0.2, 0.25) is 5.91 Å². The summed E-state index contributed by atoms with van der Waals surface area (Å²) in [5.74, 6) is 0.255. The standard InChI is InChI=1S/C22H26FN5O/c23-17-7-5-15(6-8-17)20-16(13-24-27-20)14-28-11-9-22(10-12-28)21(29)25-18-3-1-2-4-19(18)26-22/h1-8,16,20,24,26-27H,9-14H2,(H,25,29). The number of piperidine rings is 1. The van der Waals surface area contributed by atoms with Crippen LogP contribution < -0.4 is 21.5 Å². The summed E-state index contributed by atoms with van der Waals surface area (Å²) in [7, 11) is 0. The fraction of sp³-hybridized carbons (Fsp3) is 0.409. The van der Waals surface area contributed by atoms with Crippen LogP contribution in [0.2, 0.25) is 0 Å². The zero-order chi connectivity index (χ0) is 19.8. The van der Waals surface area contributed by atoms with Gasteiger partial charge >= 0.3 is 0 Å². The molecule has 2 aromatic rings. The number of hydrogen-bond acceptors (Lipinski definition) is 5. The third-order valence-corrected chi connectivity index (χ3v) is 6.51. The highest BCUT2D eigenvalue weighted by atomic mass is 19.1. The van der Waals surface area contributed by atoms with E-state index in [1.54, 1.807) is 0 Å². The lowest BCUT2D eigenvalue weighted by atomic mass is 9.83. The van der Waals surface area contributed by atoms with Crippen molar-refractivity contribution in [1.29, 1.82) is 0 Å². The fourth-order valence-electron chi connectivity index (χ4n) is 4.79. The highest BCUT2D eigenvalue weighted by Gasteiger charge is 2.44. The lowest BCUT2D eigenvalue weighted by molar-refractivity contribution is -0.122. The van der Waals surface area contributed by atoms with Gasteiger partial charge in [0, 0.05) is 32.1 Å². The molecule has 2 atom stereocenters. The van der Waals surface area contributed by atoms with Crippen molar-refractivity contribution in [3.05, 3.63) is 59.9 Å². The van der Waals surface area contributed by atoms with E-state index in [9.17, 15) is 9.18 Å². The molecule has 29 heavy (non-hydrogen) atoms. The van der Waals surface area contributed by atoms with E-state index in [0.29, 0.717) is 5.92 Å². The summed E-state index contributed by atoms with van der Waals surface area (Å²) in [6.45, 7) is 3.55. The summed E-state index contributed by atoms with van der Waals surface area (Å²) in [5.41, 5.74) is 9.02. The van der Waals surface area contributed by atoms with Gasteiger partial charge in [-0.1, -0.05) is 24.3 Å². The SMILES string of the molecule is O=C1Nc2ccccc2NC12CCN(CC1CNNC1c1ccc(F)cc1)CC2. The Kier molecular flexibility index (Phi) is 4.73. The predicted octanol–water partition coefficient (Wildman–Crippen LogP) is 2.49. The third kappa shape index (κ3) is 3.50. The van der Waals surface area contributed by atoms with Gasteiger partial charge in [-0.2, -0.15) is 0 Å². The molecule has 4 N–H and O–H groups in total. The molecule has 152 valence electrons. The summed E-state index contributed by atoms with van der Waals surface area (Å²) < 4.78 is 13.3. The van der Waals surface area contributed by atoms with Gasteiger partial charge < -0.3 is 15.5 Å². The molecule has 3 aliphatic rings. The van der Waals surface area contributed by atoms with Crippen LogP contribution in [0.25, 0.3) is 0 Å². The Morgan fingerprint density at radius 3 is 2.52 bits per heavy atom. The molecular weight excluding hydrogens is 369 g/mol. The summed E-state index contributed by atoms with van der Waals surface area (Å²) >= 11 is 0. The van der Waals surface area contributed by atoms with Gasteiger partial charge in [0.1, 0.15) is 11.4 Å². The van der Waals surface area contributed by atoms with E-state index >= 15 is 0 Å². The van der Waals surface area contributed by atoms with Crippen LogP contribution in [-0.4, -0.2) is 42.5 Å². The average Bonchev–Trinajstić information content (AvgIpc) is 3.19. The molecule has 2 aromatic carbocycles. The number of nitrogens with one attached hydrogen (secondary N) is 4. The average molecular weight is 395 g/mol. The first kappa shape index (κ1) is 18.5. The maximum absolute atomic E-state index is 13.3. The zero-order valence-corrected chi connectivity index (χ0v) is 16.2. The number of rotatable bonds is 3. The van der Waals surface area contributed by atoms with E-state index in [-0.39, 0.29) is 17.8 Å². The molecule has 3 heterocycles. The van der Waals surface area contributed by atoms with Gasteiger partial charge in [-0.15, -0.1) is 0 Å². The van der Waals surface area contributed by atoms with Crippen LogP contribution in [0.5, 0.6) is 0 Å². The number of carbonyl (C=O) groups is 1. The smallest absolute Gasteiger partial charge is 0.250 e. The van der Waals surface area contributed by atoms with Crippen LogP contribution in [0.4, 0.5) is 15.8 Å². The molecule has 6 nitrogen and oxygen atoms in total. The van der Waals surface area contributed by atoms with E-state index in [0.717, 1.165) is 56.0 Å². The molecule has 2 unspecified atom stereocenters. The topological polar surface area (TPSA) is 68.4 Å². The molecule has 1 spiro atoms. The maximum Gasteiger partial charge on any atom is 0.250 e. The number of anilines is 2. The van der Waals surface area contributed by atoms with E-state index in [1.165, 1.54) is 12.1 Å². The highest BCUT2D eigenvalue weighted by Crippen LogP contribution is 2.37. The molecule has 3 aliphatic heterocycles. The number of hydrogen-bond donors (Lipinski definition) is 4. The molecule has 5 rings (SSSR count). The molecule has 0 radical (unpaired) electrons. The van der Waals surface area contributed by atoms with E-state index in [1.807, 2.05) is 36.4 Å². The zero-order valence-electron chi connectivity index (χ0n) is 16.2. The number of likely N-dealkylation sites (tertiary alicyclic amines) is 1. The van der Waals surface area contributed by atoms with Gasteiger partial charge in [0.05, 0.1) is 17.4 Å². The first-order chi connectivity index (χ1) is 14.1. The molecule has 7 heteroatoms. The molecule has 0 aliphatic carbocycles. The number of para-hydroxylation sites is 2. The van der Waals surface area contributed by atoms with E-state index in [4.69, 9.17) is 0 Å². The summed E-state index contributed by atoms with van der Waals surface area (Å²) in [6, 6.07) is 14.8. The Balaban J connectivity index is 1.23.